The first-order valence-electron chi connectivity index (χ1n) is 8.56. The topological polar surface area (TPSA) is 56.1 Å². The number of nitrogens with zero attached hydrogens (tertiary/aromatic N) is 2. The Kier molecular flexibility index (Phi) is 5.39. The van der Waals surface area contributed by atoms with E-state index >= 15 is 0 Å². The zero-order valence-electron chi connectivity index (χ0n) is 15.2. The van der Waals surface area contributed by atoms with Gasteiger partial charge in [-0.05, 0) is 50.2 Å². The molecule has 1 amide bonds. The summed E-state index contributed by atoms with van der Waals surface area (Å²) in [6.07, 6.45) is -3.83. The molecule has 3 rings (SSSR count). The minimum absolute atomic E-state index is 0.220. The molecular formula is C20H18F3N3O2. The van der Waals surface area contributed by atoms with Crippen LogP contribution in [0.5, 0.6) is 5.75 Å². The fourth-order valence-corrected chi connectivity index (χ4v) is 2.67. The van der Waals surface area contributed by atoms with Crippen molar-refractivity contribution in [3.05, 3.63) is 71.5 Å². The number of carbonyl (C=O) groups excluding carboxylic acids is 1. The Hall–Kier alpha value is -3.29. The lowest BCUT2D eigenvalue weighted by atomic mass is 10.2. The average Bonchev–Trinajstić information content (AvgIpc) is 3.10. The van der Waals surface area contributed by atoms with E-state index in [0.29, 0.717) is 18.0 Å². The molecule has 0 saturated carbocycles. The summed E-state index contributed by atoms with van der Waals surface area (Å²) < 4.78 is 47.1. The zero-order valence-corrected chi connectivity index (χ0v) is 15.2. The van der Waals surface area contributed by atoms with E-state index in [-0.39, 0.29) is 5.69 Å². The summed E-state index contributed by atoms with van der Waals surface area (Å²) in [6.45, 7) is 4.14. The third-order valence-electron chi connectivity index (χ3n) is 3.98. The fraction of sp³-hybridized carbons (Fsp3) is 0.200. The van der Waals surface area contributed by atoms with Crippen LogP contribution in [0.15, 0.2) is 54.7 Å². The number of ether oxygens (including phenoxy) is 1. The van der Waals surface area contributed by atoms with Crippen LogP contribution in [0.25, 0.3) is 5.69 Å². The molecule has 3 aromatic rings. The molecule has 5 nitrogen and oxygen atoms in total. The van der Waals surface area contributed by atoms with Crippen LogP contribution >= 0.6 is 0 Å². The Bertz CT molecular complexity index is 962. The Morgan fingerprint density at radius 3 is 2.32 bits per heavy atom. The highest BCUT2D eigenvalue weighted by molar-refractivity contribution is 6.05. The number of carbonyl (C=O) groups is 1. The van der Waals surface area contributed by atoms with Crippen molar-refractivity contribution in [1.82, 2.24) is 9.78 Å². The number of hydrogen-bond acceptors (Lipinski definition) is 3. The van der Waals surface area contributed by atoms with Crippen molar-refractivity contribution < 1.29 is 22.7 Å². The van der Waals surface area contributed by atoms with Crippen molar-refractivity contribution >= 4 is 11.6 Å². The molecule has 0 aliphatic rings. The zero-order chi connectivity index (χ0) is 20.3. The summed E-state index contributed by atoms with van der Waals surface area (Å²) >= 11 is 0. The van der Waals surface area contributed by atoms with Crippen LogP contribution in [-0.2, 0) is 6.18 Å². The first-order chi connectivity index (χ1) is 13.3. The van der Waals surface area contributed by atoms with Crippen LogP contribution in [0.3, 0.4) is 0 Å². The number of anilines is 1. The highest BCUT2D eigenvalue weighted by Crippen LogP contribution is 2.34. The highest BCUT2D eigenvalue weighted by Gasteiger charge is 2.40. The van der Waals surface area contributed by atoms with Gasteiger partial charge in [0.15, 0.2) is 5.69 Å². The molecule has 2 aromatic carbocycles. The van der Waals surface area contributed by atoms with E-state index in [9.17, 15) is 18.0 Å². The van der Waals surface area contributed by atoms with Crippen molar-refractivity contribution in [2.75, 3.05) is 11.9 Å². The summed E-state index contributed by atoms with van der Waals surface area (Å²) in [5.74, 6) is -0.293. The second-order valence-corrected chi connectivity index (χ2v) is 6.06. The quantitative estimate of drug-likeness (QED) is 0.679. The van der Waals surface area contributed by atoms with E-state index in [1.54, 1.807) is 36.4 Å². The predicted octanol–water partition coefficient (Wildman–Crippen LogP) is 4.85. The number of halogens is 3. The minimum Gasteiger partial charge on any atom is -0.494 e. The summed E-state index contributed by atoms with van der Waals surface area (Å²) in [5.41, 5.74) is -0.206. The highest BCUT2D eigenvalue weighted by atomic mass is 19.4. The van der Waals surface area contributed by atoms with Gasteiger partial charge >= 0.3 is 6.18 Å². The van der Waals surface area contributed by atoms with Crippen LogP contribution in [0.4, 0.5) is 18.9 Å². The number of alkyl halides is 3. The number of rotatable bonds is 5. The molecule has 0 radical (unpaired) electrons. The van der Waals surface area contributed by atoms with Gasteiger partial charge < -0.3 is 10.1 Å². The van der Waals surface area contributed by atoms with Crippen molar-refractivity contribution in [2.24, 2.45) is 0 Å². The second kappa shape index (κ2) is 7.75. The Labute approximate surface area is 159 Å². The molecule has 0 saturated heterocycles. The van der Waals surface area contributed by atoms with Gasteiger partial charge in [-0.3, -0.25) is 4.79 Å². The molecule has 0 aliphatic carbocycles. The maximum atomic E-state index is 13.7. The predicted molar refractivity (Wildman–Crippen MR) is 98.9 cm³/mol. The fourth-order valence-electron chi connectivity index (χ4n) is 2.67. The van der Waals surface area contributed by atoms with Gasteiger partial charge in [0.25, 0.3) is 5.91 Å². The van der Waals surface area contributed by atoms with Gasteiger partial charge in [0.05, 0.1) is 24.1 Å². The van der Waals surface area contributed by atoms with Crippen LogP contribution in [0.1, 0.15) is 28.5 Å². The number of aryl methyl sites for hydroxylation is 1. The molecule has 1 heterocycles. The molecule has 0 atom stereocenters. The SMILES string of the molecule is CCOc1ccc(NC(=O)c2cnn(-c3ccc(C)cc3)c2C(F)(F)F)cc1. The van der Waals surface area contributed by atoms with Gasteiger partial charge in [-0.15, -0.1) is 0 Å². The second-order valence-electron chi connectivity index (χ2n) is 6.06. The first kappa shape index (κ1) is 19.5. The smallest absolute Gasteiger partial charge is 0.434 e. The Balaban J connectivity index is 1.92. The van der Waals surface area contributed by atoms with E-state index in [1.807, 2.05) is 13.8 Å². The molecule has 8 heteroatoms. The van der Waals surface area contributed by atoms with E-state index < -0.39 is 23.3 Å². The summed E-state index contributed by atoms with van der Waals surface area (Å²) in [7, 11) is 0. The van der Waals surface area contributed by atoms with E-state index in [4.69, 9.17) is 4.74 Å². The normalized spacial score (nSPS) is 11.3. The first-order valence-corrected chi connectivity index (χ1v) is 8.56. The Morgan fingerprint density at radius 1 is 1.11 bits per heavy atom. The van der Waals surface area contributed by atoms with Crippen molar-refractivity contribution in [3.8, 4) is 11.4 Å². The van der Waals surface area contributed by atoms with Crippen LogP contribution in [0.2, 0.25) is 0 Å². The minimum atomic E-state index is -4.76. The lowest BCUT2D eigenvalue weighted by Crippen LogP contribution is -2.20. The van der Waals surface area contributed by atoms with Gasteiger partial charge in [-0.25, -0.2) is 4.68 Å². The molecule has 28 heavy (non-hydrogen) atoms. The molecule has 0 unspecified atom stereocenters. The number of aromatic nitrogens is 2. The van der Waals surface area contributed by atoms with Gasteiger partial charge in [0, 0.05) is 5.69 Å². The summed E-state index contributed by atoms with van der Waals surface area (Å²) in [5, 5.41) is 6.27. The third kappa shape index (κ3) is 4.16. The average molecular weight is 389 g/mol. The molecule has 0 aliphatic heterocycles. The van der Waals surface area contributed by atoms with Crippen molar-refractivity contribution in [2.45, 2.75) is 20.0 Å². The van der Waals surface area contributed by atoms with Crippen LogP contribution in [-0.4, -0.2) is 22.3 Å². The number of amides is 1. The molecule has 146 valence electrons. The van der Waals surface area contributed by atoms with Crippen molar-refractivity contribution in [3.63, 3.8) is 0 Å². The lowest BCUT2D eigenvalue weighted by Gasteiger charge is -2.13. The number of hydrogen-bond donors (Lipinski definition) is 1. The van der Waals surface area contributed by atoms with E-state index in [1.165, 1.54) is 12.1 Å². The lowest BCUT2D eigenvalue weighted by molar-refractivity contribution is -0.143. The Morgan fingerprint density at radius 2 is 1.75 bits per heavy atom. The maximum Gasteiger partial charge on any atom is 0.434 e. The standard InChI is InChI=1S/C20H18F3N3O2/c1-3-28-16-10-6-14(7-11-16)25-19(27)17-12-24-26(18(17)20(21,22)23)15-8-4-13(2)5-9-15/h4-12H,3H2,1-2H3,(H,25,27). The monoisotopic (exact) mass is 389 g/mol. The molecule has 0 fully saturated rings. The van der Waals surface area contributed by atoms with Crippen molar-refractivity contribution in [1.29, 1.82) is 0 Å². The number of nitrogens with one attached hydrogen (secondary N) is 1. The van der Waals surface area contributed by atoms with Gasteiger partial charge in [0.1, 0.15) is 5.75 Å². The molecule has 0 spiro atoms. The maximum absolute atomic E-state index is 13.7. The van der Waals surface area contributed by atoms with Gasteiger partial charge in [-0.2, -0.15) is 18.3 Å². The molecular weight excluding hydrogens is 371 g/mol. The van der Waals surface area contributed by atoms with Gasteiger partial charge in [0.2, 0.25) is 0 Å². The van der Waals surface area contributed by atoms with Crippen LogP contribution in [0, 0.1) is 6.92 Å². The molecule has 1 aromatic heterocycles. The van der Waals surface area contributed by atoms with Crippen LogP contribution < -0.4 is 10.1 Å². The largest absolute Gasteiger partial charge is 0.494 e. The summed E-state index contributed by atoms with van der Waals surface area (Å²) in [6, 6.07) is 12.8. The van der Waals surface area contributed by atoms with Gasteiger partial charge in [-0.1, -0.05) is 17.7 Å². The molecule has 1 N–H and O–H groups in total. The van der Waals surface area contributed by atoms with E-state index in [2.05, 4.69) is 10.4 Å². The van der Waals surface area contributed by atoms with E-state index in [0.717, 1.165) is 16.4 Å². The summed E-state index contributed by atoms with van der Waals surface area (Å²) in [4.78, 5) is 12.5. The number of benzene rings is 2. The molecule has 0 bridgehead atoms. The third-order valence-corrected chi connectivity index (χ3v) is 3.98.